The predicted octanol–water partition coefficient (Wildman–Crippen LogP) is 4.71. The molecule has 0 bridgehead atoms. The number of alkyl halides is 3. The van der Waals surface area contributed by atoms with E-state index < -0.39 is 17.7 Å². The molecule has 0 N–H and O–H groups in total. The fraction of sp³-hybridized carbons (Fsp3) is 0.111. The molecule has 0 aliphatic heterocycles. The lowest BCUT2D eigenvalue weighted by Gasteiger charge is -2.11. The van der Waals surface area contributed by atoms with Gasteiger partial charge in [0.05, 0.1) is 29.4 Å². The number of ether oxygens (including phenoxy) is 1. The Morgan fingerprint density at radius 1 is 1.04 bits per heavy atom. The number of nitrogens with zero attached hydrogens (tertiary/aromatic N) is 1. The summed E-state index contributed by atoms with van der Waals surface area (Å²) in [7, 11) is 1.18. The van der Waals surface area contributed by atoms with E-state index in [1.165, 1.54) is 19.2 Å². The first kappa shape index (κ1) is 16.0. The molecule has 2 aromatic carbocycles. The third-order valence-electron chi connectivity index (χ3n) is 3.61. The van der Waals surface area contributed by atoms with Gasteiger partial charge in [0.15, 0.2) is 0 Å². The minimum absolute atomic E-state index is 0.0486. The topological polar surface area (TPSA) is 39.2 Å². The van der Waals surface area contributed by atoms with Gasteiger partial charge < -0.3 is 4.74 Å². The molecule has 3 aromatic rings. The first-order valence-electron chi connectivity index (χ1n) is 7.06. The summed E-state index contributed by atoms with van der Waals surface area (Å²) in [6.45, 7) is 0. The molecule has 0 aliphatic rings. The lowest BCUT2D eigenvalue weighted by atomic mass is 10.0. The van der Waals surface area contributed by atoms with Crippen LogP contribution in [0.4, 0.5) is 13.2 Å². The maximum atomic E-state index is 12.9. The van der Waals surface area contributed by atoms with E-state index in [0.717, 1.165) is 17.7 Å². The zero-order chi connectivity index (χ0) is 17.3. The van der Waals surface area contributed by atoms with Crippen molar-refractivity contribution in [1.29, 1.82) is 0 Å². The number of fused-ring (bicyclic) bond motifs is 1. The summed E-state index contributed by atoms with van der Waals surface area (Å²) >= 11 is 0. The first-order chi connectivity index (χ1) is 11.4. The van der Waals surface area contributed by atoms with Gasteiger partial charge in [-0.25, -0.2) is 9.78 Å². The predicted molar refractivity (Wildman–Crippen MR) is 83.5 cm³/mol. The molecule has 1 heterocycles. The molecule has 0 atom stereocenters. The minimum atomic E-state index is -4.50. The van der Waals surface area contributed by atoms with Crippen molar-refractivity contribution in [2.75, 3.05) is 7.11 Å². The van der Waals surface area contributed by atoms with Gasteiger partial charge in [-0.05, 0) is 24.3 Å². The van der Waals surface area contributed by atoms with E-state index in [2.05, 4.69) is 4.98 Å². The summed E-state index contributed by atoms with van der Waals surface area (Å²) in [5, 5.41) is 0.108. The number of aromatic nitrogens is 1. The normalized spacial score (nSPS) is 11.5. The zero-order valence-corrected chi connectivity index (χ0v) is 12.6. The highest BCUT2D eigenvalue weighted by Crippen LogP contribution is 2.33. The number of carbonyl (C=O) groups excluding carboxylic acids is 1. The molecule has 24 heavy (non-hydrogen) atoms. The largest absolute Gasteiger partial charge is 0.465 e. The van der Waals surface area contributed by atoms with Gasteiger partial charge in [-0.15, -0.1) is 0 Å². The van der Waals surface area contributed by atoms with Crippen molar-refractivity contribution < 1.29 is 22.7 Å². The number of carbonyl (C=O) groups is 1. The summed E-state index contributed by atoms with van der Waals surface area (Å²) in [6, 6.07) is 13.6. The molecule has 1 aromatic heterocycles. The highest BCUT2D eigenvalue weighted by atomic mass is 19.4. The second-order valence-corrected chi connectivity index (χ2v) is 5.14. The Morgan fingerprint density at radius 2 is 1.75 bits per heavy atom. The quantitative estimate of drug-likeness (QED) is 0.639. The highest BCUT2D eigenvalue weighted by Gasteiger charge is 2.31. The average Bonchev–Trinajstić information content (AvgIpc) is 2.59. The van der Waals surface area contributed by atoms with Crippen LogP contribution in [-0.2, 0) is 10.9 Å². The SMILES string of the molecule is COC(=O)c1cc(-c2ccccc2)nc2ccc(C(F)(F)F)cc12. The number of halogens is 3. The Morgan fingerprint density at radius 3 is 2.38 bits per heavy atom. The van der Waals surface area contributed by atoms with E-state index in [-0.39, 0.29) is 10.9 Å². The lowest BCUT2D eigenvalue weighted by Crippen LogP contribution is -2.07. The molecule has 3 rings (SSSR count). The second kappa shape index (κ2) is 5.96. The standard InChI is InChI=1S/C18H12F3NO2/c1-24-17(23)14-10-16(11-5-3-2-4-6-11)22-15-8-7-12(9-13(14)15)18(19,20)21/h2-10H,1H3. The molecule has 0 radical (unpaired) electrons. The monoisotopic (exact) mass is 331 g/mol. The Labute approximate surface area is 135 Å². The van der Waals surface area contributed by atoms with Crippen LogP contribution in [-0.4, -0.2) is 18.1 Å². The maximum absolute atomic E-state index is 12.9. The molecule has 6 heteroatoms. The maximum Gasteiger partial charge on any atom is 0.416 e. The number of hydrogen-bond acceptors (Lipinski definition) is 3. The smallest absolute Gasteiger partial charge is 0.416 e. The van der Waals surface area contributed by atoms with E-state index >= 15 is 0 Å². The second-order valence-electron chi connectivity index (χ2n) is 5.14. The molecule has 0 fully saturated rings. The van der Waals surface area contributed by atoms with Crippen LogP contribution in [0, 0.1) is 0 Å². The van der Waals surface area contributed by atoms with Crippen LogP contribution in [0.2, 0.25) is 0 Å². The lowest BCUT2D eigenvalue weighted by molar-refractivity contribution is -0.137. The van der Waals surface area contributed by atoms with Crippen LogP contribution in [0.25, 0.3) is 22.2 Å². The number of rotatable bonds is 2. The molecular formula is C18H12F3NO2. The van der Waals surface area contributed by atoms with E-state index in [1.54, 1.807) is 12.1 Å². The van der Waals surface area contributed by atoms with Crippen LogP contribution in [0.3, 0.4) is 0 Å². The Bertz CT molecular complexity index is 905. The van der Waals surface area contributed by atoms with Gasteiger partial charge in [0.2, 0.25) is 0 Å². The van der Waals surface area contributed by atoms with Gasteiger partial charge in [0, 0.05) is 10.9 Å². The van der Waals surface area contributed by atoms with Gasteiger partial charge in [-0.1, -0.05) is 30.3 Å². The summed E-state index contributed by atoms with van der Waals surface area (Å²) in [5.41, 5.74) is 0.749. The van der Waals surface area contributed by atoms with E-state index in [9.17, 15) is 18.0 Å². The van der Waals surface area contributed by atoms with Crippen molar-refractivity contribution in [3.8, 4) is 11.3 Å². The number of methoxy groups -OCH3 is 1. The molecule has 0 saturated carbocycles. The zero-order valence-electron chi connectivity index (χ0n) is 12.6. The van der Waals surface area contributed by atoms with Gasteiger partial charge in [-0.2, -0.15) is 13.2 Å². The van der Waals surface area contributed by atoms with Gasteiger partial charge in [0.25, 0.3) is 0 Å². The molecule has 0 amide bonds. The molecule has 122 valence electrons. The van der Waals surface area contributed by atoms with Gasteiger partial charge in [-0.3, -0.25) is 0 Å². The van der Waals surface area contributed by atoms with Crippen LogP contribution >= 0.6 is 0 Å². The summed E-state index contributed by atoms with van der Waals surface area (Å²) in [4.78, 5) is 16.4. The molecule has 3 nitrogen and oxygen atoms in total. The Balaban J connectivity index is 2.28. The van der Waals surface area contributed by atoms with Gasteiger partial charge >= 0.3 is 12.1 Å². The number of esters is 1. The van der Waals surface area contributed by atoms with Crippen molar-refractivity contribution in [1.82, 2.24) is 4.98 Å². The van der Waals surface area contributed by atoms with Gasteiger partial charge in [0.1, 0.15) is 0 Å². The van der Waals surface area contributed by atoms with E-state index in [0.29, 0.717) is 11.2 Å². The molecule has 0 unspecified atom stereocenters. The molecule has 0 saturated heterocycles. The van der Waals surface area contributed by atoms with Crippen LogP contribution < -0.4 is 0 Å². The highest BCUT2D eigenvalue weighted by molar-refractivity contribution is 6.04. The summed E-state index contributed by atoms with van der Waals surface area (Å²) < 4.78 is 43.5. The van der Waals surface area contributed by atoms with E-state index in [1.807, 2.05) is 18.2 Å². The van der Waals surface area contributed by atoms with Crippen LogP contribution in [0.5, 0.6) is 0 Å². The first-order valence-corrected chi connectivity index (χ1v) is 7.06. The van der Waals surface area contributed by atoms with Crippen LogP contribution in [0.15, 0.2) is 54.6 Å². The fourth-order valence-corrected chi connectivity index (χ4v) is 2.44. The van der Waals surface area contributed by atoms with Crippen molar-refractivity contribution >= 4 is 16.9 Å². The fourth-order valence-electron chi connectivity index (χ4n) is 2.44. The third-order valence-corrected chi connectivity index (χ3v) is 3.61. The molecule has 0 aliphatic carbocycles. The Kier molecular flexibility index (Phi) is 3.97. The van der Waals surface area contributed by atoms with E-state index in [4.69, 9.17) is 4.74 Å². The van der Waals surface area contributed by atoms with Crippen molar-refractivity contribution in [3.63, 3.8) is 0 Å². The molecular weight excluding hydrogens is 319 g/mol. The Hall–Kier alpha value is -2.89. The van der Waals surface area contributed by atoms with Crippen molar-refractivity contribution in [2.24, 2.45) is 0 Å². The minimum Gasteiger partial charge on any atom is -0.465 e. The molecule has 0 spiro atoms. The number of hydrogen-bond donors (Lipinski definition) is 0. The van der Waals surface area contributed by atoms with Crippen molar-refractivity contribution in [2.45, 2.75) is 6.18 Å². The summed E-state index contributed by atoms with van der Waals surface area (Å²) in [5.74, 6) is -0.709. The van der Waals surface area contributed by atoms with Crippen LogP contribution in [0.1, 0.15) is 15.9 Å². The number of pyridine rings is 1. The number of benzene rings is 2. The van der Waals surface area contributed by atoms with Crippen molar-refractivity contribution in [3.05, 3.63) is 65.7 Å². The summed E-state index contributed by atoms with van der Waals surface area (Å²) in [6.07, 6.45) is -4.50. The average molecular weight is 331 g/mol. The third kappa shape index (κ3) is 2.95.